The van der Waals surface area contributed by atoms with Crippen molar-refractivity contribution in [1.29, 1.82) is 0 Å². The number of carbonyl (C=O) groups excluding carboxylic acids is 1. The van der Waals surface area contributed by atoms with Crippen LogP contribution in [0.4, 0.5) is 0 Å². The number of allylic oxidation sites excluding steroid dienone is 2. The summed E-state index contributed by atoms with van der Waals surface area (Å²) in [4.78, 5) is 11.2. The predicted octanol–water partition coefficient (Wildman–Crippen LogP) is 3.35. The van der Waals surface area contributed by atoms with Crippen molar-refractivity contribution in [3.05, 3.63) is 11.6 Å². The Kier molecular flexibility index (Phi) is 5.69. The Balaban J connectivity index is 3.89. The molecular weight excluding hydrogens is 148 g/mol. The van der Waals surface area contributed by atoms with E-state index in [0.717, 1.165) is 6.42 Å². The number of carbonyl (C=O) groups is 1. The van der Waals surface area contributed by atoms with Crippen molar-refractivity contribution in [2.24, 2.45) is 5.92 Å². The fraction of sp³-hybridized carbons (Fsp3) is 0.727. The summed E-state index contributed by atoms with van der Waals surface area (Å²) in [6, 6.07) is 0. The Bertz CT molecular complexity index is 166. The third kappa shape index (κ3) is 5.11. The van der Waals surface area contributed by atoms with Crippen LogP contribution in [0.3, 0.4) is 0 Å². The molecule has 0 amide bonds. The van der Waals surface area contributed by atoms with E-state index < -0.39 is 0 Å². The maximum atomic E-state index is 11.2. The maximum Gasteiger partial charge on any atom is 0.158 e. The van der Waals surface area contributed by atoms with Gasteiger partial charge < -0.3 is 0 Å². The Hall–Kier alpha value is -0.590. The van der Waals surface area contributed by atoms with Gasteiger partial charge in [0.05, 0.1) is 0 Å². The molecule has 1 heteroatoms. The van der Waals surface area contributed by atoms with Gasteiger partial charge >= 0.3 is 0 Å². The molecule has 0 fully saturated rings. The lowest BCUT2D eigenvalue weighted by molar-refractivity contribution is -0.117. The van der Waals surface area contributed by atoms with Crippen LogP contribution in [0.5, 0.6) is 0 Å². The minimum absolute atomic E-state index is 0.140. The zero-order valence-electron chi connectivity index (χ0n) is 8.68. The fourth-order valence-electron chi connectivity index (χ4n) is 0.937. The molecule has 0 aliphatic rings. The largest absolute Gasteiger partial charge is 0.295 e. The van der Waals surface area contributed by atoms with Crippen molar-refractivity contribution in [2.45, 2.75) is 47.0 Å². The molecule has 0 aromatic carbocycles. The number of rotatable bonds is 5. The van der Waals surface area contributed by atoms with E-state index in [1.807, 2.05) is 20.8 Å². The summed E-state index contributed by atoms with van der Waals surface area (Å²) in [6.45, 7) is 8.07. The molecule has 0 aromatic rings. The molecule has 0 aliphatic carbocycles. The van der Waals surface area contributed by atoms with Crippen LogP contribution in [0.2, 0.25) is 0 Å². The first-order valence-corrected chi connectivity index (χ1v) is 4.79. The van der Waals surface area contributed by atoms with E-state index in [0.29, 0.717) is 0 Å². The second-order valence-electron chi connectivity index (χ2n) is 3.65. The van der Waals surface area contributed by atoms with E-state index in [2.05, 4.69) is 6.92 Å². The molecule has 0 aromatic heterocycles. The van der Waals surface area contributed by atoms with Gasteiger partial charge in [0.15, 0.2) is 5.78 Å². The Morgan fingerprint density at radius 3 is 2.42 bits per heavy atom. The summed E-state index contributed by atoms with van der Waals surface area (Å²) in [5.74, 6) is 0.394. The molecule has 0 radical (unpaired) electrons. The summed E-state index contributed by atoms with van der Waals surface area (Å²) < 4.78 is 0. The summed E-state index contributed by atoms with van der Waals surface area (Å²) >= 11 is 0. The SMILES string of the molecule is CCCCC(C)=CC(=O)C(C)C. The number of hydrogen-bond donors (Lipinski definition) is 0. The van der Waals surface area contributed by atoms with Crippen molar-refractivity contribution in [3.63, 3.8) is 0 Å². The molecule has 0 unspecified atom stereocenters. The monoisotopic (exact) mass is 168 g/mol. The molecule has 0 rings (SSSR count). The van der Waals surface area contributed by atoms with E-state index in [1.54, 1.807) is 6.08 Å². The molecule has 0 N–H and O–H groups in total. The zero-order chi connectivity index (χ0) is 9.56. The van der Waals surface area contributed by atoms with E-state index in [4.69, 9.17) is 0 Å². The summed E-state index contributed by atoms with van der Waals surface area (Å²) in [6.07, 6.45) is 5.24. The van der Waals surface area contributed by atoms with Gasteiger partial charge in [0, 0.05) is 5.92 Å². The van der Waals surface area contributed by atoms with Crippen molar-refractivity contribution < 1.29 is 4.79 Å². The predicted molar refractivity (Wildman–Crippen MR) is 53.1 cm³/mol. The first kappa shape index (κ1) is 11.4. The second-order valence-corrected chi connectivity index (χ2v) is 3.65. The molecule has 0 spiro atoms. The maximum absolute atomic E-state index is 11.2. The Morgan fingerprint density at radius 2 is 2.00 bits per heavy atom. The summed E-state index contributed by atoms with van der Waals surface area (Å²) in [7, 11) is 0. The summed E-state index contributed by atoms with van der Waals surface area (Å²) in [5.41, 5.74) is 1.22. The third-order valence-corrected chi connectivity index (χ3v) is 1.88. The number of ketones is 1. The van der Waals surface area contributed by atoms with Crippen LogP contribution in [0.15, 0.2) is 11.6 Å². The molecule has 70 valence electrons. The van der Waals surface area contributed by atoms with Crippen LogP contribution in [-0.4, -0.2) is 5.78 Å². The number of unbranched alkanes of at least 4 members (excludes halogenated alkanes) is 1. The van der Waals surface area contributed by atoms with Gasteiger partial charge in [-0.05, 0) is 25.8 Å². The molecular formula is C11H20O. The van der Waals surface area contributed by atoms with Gasteiger partial charge in [-0.25, -0.2) is 0 Å². The van der Waals surface area contributed by atoms with E-state index in [1.165, 1.54) is 18.4 Å². The first-order valence-electron chi connectivity index (χ1n) is 4.79. The highest BCUT2D eigenvalue weighted by atomic mass is 16.1. The van der Waals surface area contributed by atoms with Crippen LogP contribution in [0.25, 0.3) is 0 Å². The van der Waals surface area contributed by atoms with Gasteiger partial charge in [0.2, 0.25) is 0 Å². The Labute approximate surface area is 75.9 Å². The zero-order valence-corrected chi connectivity index (χ0v) is 8.68. The molecule has 0 saturated heterocycles. The third-order valence-electron chi connectivity index (χ3n) is 1.88. The highest BCUT2D eigenvalue weighted by Gasteiger charge is 2.03. The average Bonchev–Trinajstić information content (AvgIpc) is 2.00. The van der Waals surface area contributed by atoms with Gasteiger partial charge in [0.1, 0.15) is 0 Å². The van der Waals surface area contributed by atoms with Crippen LogP contribution < -0.4 is 0 Å². The first-order chi connectivity index (χ1) is 5.57. The fourth-order valence-corrected chi connectivity index (χ4v) is 0.937. The van der Waals surface area contributed by atoms with Crippen LogP contribution in [0.1, 0.15) is 47.0 Å². The van der Waals surface area contributed by atoms with E-state index in [-0.39, 0.29) is 11.7 Å². The second kappa shape index (κ2) is 5.99. The van der Waals surface area contributed by atoms with Crippen molar-refractivity contribution in [1.82, 2.24) is 0 Å². The lowest BCUT2D eigenvalue weighted by Crippen LogP contribution is -2.03. The molecule has 12 heavy (non-hydrogen) atoms. The van der Waals surface area contributed by atoms with Gasteiger partial charge in [-0.2, -0.15) is 0 Å². The molecule has 1 nitrogen and oxygen atoms in total. The molecule has 0 aliphatic heterocycles. The topological polar surface area (TPSA) is 17.1 Å². The van der Waals surface area contributed by atoms with Crippen LogP contribution in [-0.2, 0) is 4.79 Å². The average molecular weight is 168 g/mol. The number of hydrogen-bond acceptors (Lipinski definition) is 1. The lowest BCUT2D eigenvalue weighted by Gasteiger charge is -2.01. The lowest BCUT2D eigenvalue weighted by atomic mass is 10.0. The van der Waals surface area contributed by atoms with Gasteiger partial charge in [-0.15, -0.1) is 0 Å². The quantitative estimate of drug-likeness (QED) is 0.575. The van der Waals surface area contributed by atoms with Crippen molar-refractivity contribution in [3.8, 4) is 0 Å². The minimum Gasteiger partial charge on any atom is -0.295 e. The minimum atomic E-state index is 0.140. The van der Waals surface area contributed by atoms with Crippen LogP contribution in [0, 0.1) is 5.92 Å². The molecule has 0 heterocycles. The normalized spacial score (nSPS) is 12.2. The molecule has 0 atom stereocenters. The highest BCUT2D eigenvalue weighted by Crippen LogP contribution is 2.07. The standard InChI is InChI=1S/C11H20O/c1-5-6-7-10(4)8-11(12)9(2)3/h8-9H,5-7H2,1-4H3. The summed E-state index contributed by atoms with van der Waals surface area (Å²) in [5, 5.41) is 0. The van der Waals surface area contributed by atoms with E-state index >= 15 is 0 Å². The van der Waals surface area contributed by atoms with Gasteiger partial charge in [-0.1, -0.05) is 32.8 Å². The van der Waals surface area contributed by atoms with Gasteiger partial charge in [0.25, 0.3) is 0 Å². The van der Waals surface area contributed by atoms with E-state index in [9.17, 15) is 4.79 Å². The highest BCUT2D eigenvalue weighted by molar-refractivity contribution is 5.91. The van der Waals surface area contributed by atoms with Crippen LogP contribution >= 0.6 is 0 Å². The van der Waals surface area contributed by atoms with Gasteiger partial charge in [-0.3, -0.25) is 4.79 Å². The smallest absolute Gasteiger partial charge is 0.158 e. The molecule has 0 bridgehead atoms. The Morgan fingerprint density at radius 1 is 1.42 bits per heavy atom. The van der Waals surface area contributed by atoms with Crippen molar-refractivity contribution in [2.75, 3.05) is 0 Å². The molecule has 0 saturated carbocycles. The van der Waals surface area contributed by atoms with Crippen molar-refractivity contribution >= 4 is 5.78 Å².